The molecule has 16 nitrogen and oxygen atoms in total. The average Bonchev–Trinajstić information content (AvgIpc) is 2.92. The lowest BCUT2D eigenvalue weighted by molar-refractivity contribution is -0.385. The number of benzene rings is 2. The molecule has 2 aromatic heterocycles. The van der Waals surface area contributed by atoms with E-state index < -0.39 is 21.9 Å². The smallest absolute Gasteiger partial charge is 0.323 e. The second-order valence-corrected chi connectivity index (χ2v) is 7.56. The van der Waals surface area contributed by atoms with Crippen molar-refractivity contribution in [2.75, 3.05) is 21.3 Å². The highest BCUT2D eigenvalue weighted by atomic mass is 16.6. The maximum atomic E-state index is 11.7. The molecule has 0 aliphatic heterocycles. The molecule has 0 atom stereocenters. The van der Waals surface area contributed by atoms with E-state index >= 15 is 0 Å². The Balaban J connectivity index is 0.000000220. The summed E-state index contributed by atoms with van der Waals surface area (Å²) >= 11 is 0. The van der Waals surface area contributed by atoms with Crippen molar-refractivity contribution in [1.82, 2.24) is 9.97 Å². The summed E-state index contributed by atoms with van der Waals surface area (Å²) in [6.07, 6.45) is 6.03. The molecule has 4 rings (SSSR count). The Labute approximate surface area is 224 Å². The zero-order chi connectivity index (χ0) is 29.1. The molecule has 40 heavy (non-hydrogen) atoms. The number of hydrogen-bond donors (Lipinski definition) is 6. The van der Waals surface area contributed by atoms with E-state index in [9.17, 15) is 40.0 Å². The van der Waals surface area contributed by atoms with Crippen LogP contribution in [0.3, 0.4) is 0 Å². The van der Waals surface area contributed by atoms with Gasteiger partial charge < -0.3 is 31.5 Å². The van der Waals surface area contributed by atoms with Crippen molar-refractivity contribution >= 4 is 46.2 Å². The number of amides is 4. The van der Waals surface area contributed by atoms with Crippen LogP contribution in [0.2, 0.25) is 0 Å². The number of pyridine rings is 2. The van der Waals surface area contributed by atoms with Gasteiger partial charge in [0.05, 0.1) is 57.1 Å². The van der Waals surface area contributed by atoms with Crippen LogP contribution in [0.15, 0.2) is 85.5 Å². The van der Waals surface area contributed by atoms with Crippen LogP contribution >= 0.6 is 0 Å². The topological polar surface area (TPSA) is 235 Å². The number of rotatable bonds is 6. The second-order valence-electron chi connectivity index (χ2n) is 7.56. The third kappa shape index (κ3) is 8.37. The molecule has 0 saturated carbocycles. The summed E-state index contributed by atoms with van der Waals surface area (Å²) in [6.45, 7) is 0. The van der Waals surface area contributed by atoms with Crippen LogP contribution in [0.1, 0.15) is 0 Å². The van der Waals surface area contributed by atoms with E-state index in [1.807, 2.05) is 0 Å². The highest BCUT2D eigenvalue weighted by Crippen LogP contribution is 2.29. The second kappa shape index (κ2) is 13.3. The standard InChI is InChI=1S/2C12H10N4O4/c2*17-11-6-9(16(19)20)3-4-10(11)15-12(18)14-8-2-1-5-13-7-8/h2*1-7,17H,(H2,14,15,18). The molecule has 0 bridgehead atoms. The summed E-state index contributed by atoms with van der Waals surface area (Å²) < 4.78 is 0. The monoisotopic (exact) mass is 548 g/mol. The fourth-order valence-corrected chi connectivity index (χ4v) is 2.92. The molecular formula is C24H20N8O8. The summed E-state index contributed by atoms with van der Waals surface area (Å²) in [6, 6.07) is 12.2. The van der Waals surface area contributed by atoms with E-state index in [1.165, 1.54) is 36.7 Å². The summed E-state index contributed by atoms with van der Waals surface area (Å²) in [4.78, 5) is 50.7. The third-order valence-corrected chi connectivity index (χ3v) is 4.72. The van der Waals surface area contributed by atoms with E-state index in [0.29, 0.717) is 11.4 Å². The van der Waals surface area contributed by atoms with Gasteiger partial charge in [-0.1, -0.05) is 0 Å². The minimum Gasteiger partial charge on any atom is -0.506 e. The van der Waals surface area contributed by atoms with E-state index in [4.69, 9.17) is 0 Å². The number of non-ortho nitro benzene ring substituents is 2. The zero-order valence-electron chi connectivity index (χ0n) is 20.2. The first kappa shape index (κ1) is 28.3. The van der Waals surface area contributed by atoms with Crippen molar-refractivity contribution in [3.05, 3.63) is 106 Å². The Kier molecular flexibility index (Phi) is 9.39. The zero-order valence-corrected chi connectivity index (χ0v) is 20.2. The van der Waals surface area contributed by atoms with Crippen LogP contribution in [-0.4, -0.2) is 42.1 Å². The summed E-state index contributed by atoms with van der Waals surface area (Å²) in [7, 11) is 0. The van der Waals surface area contributed by atoms with Crippen LogP contribution in [0.25, 0.3) is 0 Å². The third-order valence-electron chi connectivity index (χ3n) is 4.72. The number of carbonyl (C=O) groups excluding carboxylic acids is 2. The van der Waals surface area contributed by atoms with Gasteiger partial charge in [-0.25, -0.2) is 9.59 Å². The van der Waals surface area contributed by atoms with Crippen molar-refractivity contribution in [3.8, 4) is 11.5 Å². The number of urea groups is 2. The van der Waals surface area contributed by atoms with Crippen LogP contribution in [-0.2, 0) is 0 Å². The Morgan fingerprint density at radius 3 is 1.35 bits per heavy atom. The van der Waals surface area contributed by atoms with Crippen molar-refractivity contribution in [2.45, 2.75) is 0 Å². The predicted octanol–water partition coefficient (Wildman–Crippen LogP) is 4.68. The number of nitrogens with one attached hydrogen (secondary N) is 4. The number of nitro benzene ring substituents is 2. The molecule has 0 saturated heterocycles. The Morgan fingerprint density at radius 2 is 1.05 bits per heavy atom. The molecular weight excluding hydrogens is 528 g/mol. The average molecular weight is 548 g/mol. The number of phenols is 2. The number of aromatic hydroxyl groups is 2. The quantitative estimate of drug-likeness (QED) is 0.110. The maximum absolute atomic E-state index is 11.7. The van der Waals surface area contributed by atoms with Crippen LogP contribution in [0.5, 0.6) is 11.5 Å². The summed E-state index contributed by atoms with van der Waals surface area (Å²) in [5.74, 6) is -0.777. The van der Waals surface area contributed by atoms with E-state index in [0.717, 1.165) is 12.1 Å². The molecule has 4 amide bonds. The predicted molar refractivity (Wildman–Crippen MR) is 143 cm³/mol. The highest BCUT2D eigenvalue weighted by molar-refractivity contribution is 6.01. The van der Waals surface area contributed by atoms with Gasteiger partial charge in [-0.2, -0.15) is 0 Å². The van der Waals surface area contributed by atoms with Gasteiger partial charge in [0.15, 0.2) is 0 Å². The highest BCUT2D eigenvalue weighted by Gasteiger charge is 2.13. The first-order valence-corrected chi connectivity index (χ1v) is 11.0. The molecule has 2 aromatic carbocycles. The molecule has 16 heteroatoms. The van der Waals surface area contributed by atoms with Crippen molar-refractivity contribution < 1.29 is 29.6 Å². The molecule has 0 fully saturated rings. The van der Waals surface area contributed by atoms with Gasteiger partial charge in [-0.05, 0) is 36.4 Å². The first-order chi connectivity index (χ1) is 19.1. The Morgan fingerprint density at radius 1 is 0.650 bits per heavy atom. The molecule has 0 aliphatic carbocycles. The largest absolute Gasteiger partial charge is 0.506 e. The van der Waals surface area contributed by atoms with Gasteiger partial charge in [0.2, 0.25) is 0 Å². The number of nitro groups is 2. The molecule has 0 spiro atoms. The van der Waals surface area contributed by atoms with Crippen molar-refractivity contribution in [2.24, 2.45) is 0 Å². The van der Waals surface area contributed by atoms with Gasteiger partial charge in [0.25, 0.3) is 11.4 Å². The number of aromatic nitrogens is 2. The number of hydrogen-bond acceptors (Lipinski definition) is 10. The van der Waals surface area contributed by atoms with Gasteiger partial charge in [-0.15, -0.1) is 0 Å². The molecule has 2 heterocycles. The fraction of sp³-hybridized carbons (Fsp3) is 0. The SMILES string of the molecule is O=C(Nc1cccnc1)Nc1ccc([N+](=O)[O-])cc1O.O=C(Nc1cccnc1)Nc1ccc([N+](=O)[O-])cc1O. The van der Waals surface area contributed by atoms with Gasteiger partial charge >= 0.3 is 12.1 Å². The summed E-state index contributed by atoms with van der Waals surface area (Å²) in [5.41, 5.74) is 0.563. The van der Waals surface area contributed by atoms with Crippen molar-refractivity contribution in [3.63, 3.8) is 0 Å². The maximum Gasteiger partial charge on any atom is 0.323 e. The molecule has 6 N–H and O–H groups in total. The Bertz CT molecular complexity index is 1410. The fourth-order valence-electron chi connectivity index (χ4n) is 2.92. The lowest BCUT2D eigenvalue weighted by atomic mass is 10.2. The minimum absolute atomic E-state index is 0.0667. The van der Waals surface area contributed by atoms with Gasteiger partial charge in [-0.3, -0.25) is 30.2 Å². The van der Waals surface area contributed by atoms with Gasteiger partial charge in [0.1, 0.15) is 11.5 Å². The molecule has 204 valence electrons. The summed E-state index contributed by atoms with van der Waals surface area (Å²) in [5, 5.41) is 50.0. The van der Waals surface area contributed by atoms with Crippen LogP contribution in [0.4, 0.5) is 43.7 Å². The van der Waals surface area contributed by atoms with Gasteiger partial charge in [0, 0.05) is 24.5 Å². The number of anilines is 4. The number of nitrogens with zero attached hydrogens (tertiary/aromatic N) is 4. The Hall–Kier alpha value is -6.32. The normalized spacial score (nSPS) is 9.80. The van der Waals surface area contributed by atoms with Crippen LogP contribution < -0.4 is 21.3 Å². The lowest BCUT2D eigenvalue weighted by Crippen LogP contribution is -2.19. The first-order valence-electron chi connectivity index (χ1n) is 11.0. The molecule has 0 radical (unpaired) electrons. The number of carbonyl (C=O) groups is 2. The van der Waals surface area contributed by atoms with E-state index in [1.54, 1.807) is 36.7 Å². The van der Waals surface area contributed by atoms with Crippen molar-refractivity contribution in [1.29, 1.82) is 0 Å². The van der Waals surface area contributed by atoms with E-state index in [-0.39, 0.29) is 34.2 Å². The van der Waals surface area contributed by atoms with Crippen LogP contribution in [0, 0.1) is 20.2 Å². The lowest BCUT2D eigenvalue weighted by Gasteiger charge is -2.08. The number of phenolic OH excluding ortho intramolecular Hbond substituents is 2. The van der Waals surface area contributed by atoms with E-state index in [2.05, 4.69) is 31.2 Å². The molecule has 0 aliphatic rings. The minimum atomic E-state index is -0.640. The molecule has 4 aromatic rings. The molecule has 0 unspecified atom stereocenters.